The van der Waals surface area contributed by atoms with Crippen molar-refractivity contribution in [2.45, 2.75) is 38.8 Å². The number of rotatable bonds is 8. The molecule has 0 aromatic heterocycles. The molecule has 0 aromatic rings. The van der Waals surface area contributed by atoms with Crippen LogP contribution in [-0.4, -0.2) is 49.5 Å². The maximum Gasteiger partial charge on any atom is 0.234 e. The Labute approximate surface area is 97.6 Å². The van der Waals surface area contributed by atoms with E-state index in [-0.39, 0.29) is 30.6 Å². The topological polar surface area (TPSA) is 70.6 Å². The minimum absolute atomic E-state index is 0.0141. The second kappa shape index (κ2) is 7.60. The quantitative estimate of drug-likeness (QED) is 0.546. The molecule has 0 saturated carbocycles. The lowest BCUT2D eigenvalue weighted by molar-refractivity contribution is -0.121. The minimum atomic E-state index is -0.226. The van der Waals surface area contributed by atoms with Gasteiger partial charge in [-0.3, -0.25) is 4.79 Å². The molecule has 0 saturated heterocycles. The highest BCUT2D eigenvalue weighted by molar-refractivity contribution is 5.78. The summed E-state index contributed by atoms with van der Waals surface area (Å²) in [5.74, 6) is -0.0597. The van der Waals surface area contributed by atoms with Crippen LogP contribution in [0.4, 0.5) is 0 Å². The average Bonchev–Trinajstić information content (AvgIpc) is 2.15. The fourth-order valence-electron chi connectivity index (χ4n) is 1.30. The Hall–Kier alpha value is -0.650. The van der Waals surface area contributed by atoms with Crippen LogP contribution in [0.15, 0.2) is 0 Å². The third kappa shape index (κ3) is 7.62. The van der Waals surface area contributed by atoms with Crippen LogP contribution in [0.1, 0.15) is 27.2 Å². The van der Waals surface area contributed by atoms with Gasteiger partial charge in [-0.05, 0) is 27.2 Å². The molecular formula is C11H24N2O3. The molecule has 1 atom stereocenters. The van der Waals surface area contributed by atoms with Crippen molar-refractivity contribution in [1.82, 2.24) is 10.6 Å². The van der Waals surface area contributed by atoms with Crippen molar-refractivity contribution in [3.05, 3.63) is 0 Å². The summed E-state index contributed by atoms with van der Waals surface area (Å²) in [7, 11) is 1.60. The normalized spacial score (nSPS) is 13.6. The highest BCUT2D eigenvalue weighted by Gasteiger charge is 2.17. The van der Waals surface area contributed by atoms with Gasteiger partial charge in [0, 0.05) is 25.3 Å². The van der Waals surface area contributed by atoms with Crippen molar-refractivity contribution in [1.29, 1.82) is 0 Å². The molecule has 16 heavy (non-hydrogen) atoms. The maximum atomic E-state index is 11.5. The summed E-state index contributed by atoms with van der Waals surface area (Å²) in [5.41, 5.74) is -0.226. The maximum absolute atomic E-state index is 11.5. The first kappa shape index (κ1) is 15.3. The third-order valence-electron chi connectivity index (χ3n) is 2.29. The van der Waals surface area contributed by atoms with Crippen LogP contribution in [0.25, 0.3) is 0 Å². The molecule has 0 bridgehead atoms. The van der Waals surface area contributed by atoms with Gasteiger partial charge in [-0.15, -0.1) is 0 Å². The van der Waals surface area contributed by atoms with Crippen LogP contribution in [0.5, 0.6) is 0 Å². The van der Waals surface area contributed by atoms with E-state index in [1.807, 2.05) is 20.8 Å². The van der Waals surface area contributed by atoms with E-state index in [4.69, 9.17) is 9.84 Å². The summed E-state index contributed by atoms with van der Waals surface area (Å²) < 4.78 is 4.92. The number of carbonyl (C=O) groups is 1. The number of aliphatic hydroxyl groups excluding tert-OH is 1. The molecule has 0 aromatic carbocycles. The van der Waals surface area contributed by atoms with Crippen LogP contribution in [0.3, 0.4) is 0 Å². The lowest BCUT2D eigenvalue weighted by Gasteiger charge is -2.25. The van der Waals surface area contributed by atoms with Crippen molar-refractivity contribution in [2.75, 3.05) is 26.9 Å². The number of hydrogen-bond donors (Lipinski definition) is 3. The Balaban J connectivity index is 3.80. The number of methoxy groups -OCH3 is 1. The molecule has 96 valence electrons. The number of nitrogens with one attached hydrogen (secondary N) is 2. The molecule has 0 rings (SSSR count). The fraction of sp³-hybridized carbons (Fsp3) is 0.909. The molecule has 5 heteroatoms. The van der Waals surface area contributed by atoms with Gasteiger partial charge in [0.25, 0.3) is 0 Å². The van der Waals surface area contributed by atoms with Gasteiger partial charge < -0.3 is 20.5 Å². The zero-order chi connectivity index (χ0) is 12.6. The second-order valence-corrected chi connectivity index (χ2v) is 4.63. The Morgan fingerprint density at radius 2 is 2.12 bits per heavy atom. The van der Waals surface area contributed by atoms with Crippen molar-refractivity contribution < 1.29 is 14.6 Å². The highest BCUT2D eigenvalue weighted by Crippen LogP contribution is 2.05. The zero-order valence-corrected chi connectivity index (χ0v) is 10.7. The molecule has 0 aliphatic heterocycles. The van der Waals surface area contributed by atoms with E-state index in [1.165, 1.54) is 0 Å². The van der Waals surface area contributed by atoms with Crippen LogP contribution >= 0.6 is 0 Å². The summed E-state index contributed by atoms with van der Waals surface area (Å²) in [6, 6.07) is 0.0141. The summed E-state index contributed by atoms with van der Waals surface area (Å²) in [6.07, 6.45) is 0.619. The predicted molar refractivity (Wildman–Crippen MR) is 63.3 cm³/mol. The van der Waals surface area contributed by atoms with E-state index >= 15 is 0 Å². The monoisotopic (exact) mass is 232 g/mol. The second-order valence-electron chi connectivity index (χ2n) is 4.63. The van der Waals surface area contributed by atoms with E-state index in [0.29, 0.717) is 13.0 Å². The number of amides is 1. The molecule has 1 amide bonds. The van der Waals surface area contributed by atoms with E-state index in [2.05, 4.69) is 10.6 Å². The molecular weight excluding hydrogens is 208 g/mol. The standard InChI is InChI=1S/C11H24N2O3/c1-9(8-16-4)13-10(15)7-12-11(2,3)5-6-14/h9,12,14H,5-8H2,1-4H3,(H,13,15). The number of ether oxygens (including phenoxy) is 1. The Morgan fingerprint density at radius 3 is 2.62 bits per heavy atom. The third-order valence-corrected chi connectivity index (χ3v) is 2.29. The summed E-state index contributed by atoms with van der Waals surface area (Å²) in [5, 5.41) is 14.7. The first-order valence-corrected chi connectivity index (χ1v) is 5.55. The molecule has 3 N–H and O–H groups in total. The van der Waals surface area contributed by atoms with Gasteiger partial charge in [-0.25, -0.2) is 0 Å². The van der Waals surface area contributed by atoms with Gasteiger partial charge >= 0.3 is 0 Å². The molecule has 0 radical (unpaired) electrons. The molecule has 0 aliphatic rings. The van der Waals surface area contributed by atoms with Gasteiger partial charge in [0.05, 0.1) is 13.2 Å². The van der Waals surface area contributed by atoms with E-state index < -0.39 is 0 Å². The number of aliphatic hydroxyl groups is 1. The predicted octanol–water partition coefficient (Wildman–Crippen LogP) is -0.112. The number of hydrogen-bond acceptors (Lipinski definition) is 4. The van der Waals surface area contributed by atoms with Gasteiger partial charge in [0.15, 0.2) is 0 Å². The zero-order valence-electron chi connectivity index (χ0n) is 10.7. The number of carbonyl (C=O) groups excluding carboxylic acids is 1. The first-order valence-electron chi connectivity index (χ1n) is 5.55. The van der Waals surface area contributed by atoms with E-state index in [9.17, 15) is 4.79 Å². The first-order chi connectivity index (χ1) is 7.41. The van der Waals surface area contributed by atoms with E-state index in [1.54, 1.807) is 7.11 Å². The van der Waals surface area contributed by atoms with Crippen molar-refractivity contribution in [3.8, 4) is 0 Å². The SMILES string of the molecule is COCC(C)NC(=O)CNC(C)(C)CCO. The van der Waals surface area contributed by atoms with Gasteiger partial charge in [0.1, 0.15) is 0 Å². The molecule has 1 unspecified atom stereocenters. The van der Waals surface area contributed by atoms with Crippen molar-refractivity contribution in [2.24, 2.45) is 0 Å². The molecule has 5 nitrogen and oxygen atoms in total. The average molecular weight is 232 g/mol. The summed E-state index contributed by atoms with van der Waals surface area (Å²) in [6.45, 7) is 6.67. The van der Waals surface area contributed by atoms with Crippen LogP contribution in [0, 0.1) is 0 Å². The minimum Gasteiger partial charge on any atom is -0.396 e. The van der Waals surface area contributed by atoms with Crippen LogP contribution < -0.4 is 10.6 Å². The van der Waals surface area contributed by atoms with Crippen molar-refractivity contribution in [3.63, 3.8) is 0 Å². The Morgan fingerprint density at radius 1 is 1.50 bits per heavy atom. The van der Waals surface area contributed by atoms with Gasteiger partial charge in [0.2, 0.25) is 5.91 Å². The molecule has 0 fully saturated rings. The van der Waals surface area contributed by atoms with E-state index in [0.717, 1.165) is 0 Å². The molecule has 0 aliphatic carbocycles. The Kier molecular flexibility index (Phi) is 7.29. The van der Waals surface area contributed by atoms with Crippen LogP contribution in [0.2, 0.25) is 0 Å². The smallest absolute Gasteiger partial charge is 0.234 e. The van der Waals surface area contributed by atoms with Gasteiger partial charge in [-0.2, -0.15) is 0 Å². The lowest BCUT2D eigenvalue weighted by Crippen LogP contribution is -2.47. The highest BCUT2D eigenvalue weighted by atomic mass is 16.5. The van der Waals surface area contributed by atoms with Crippen molar-refractivity contribution >= 4 is 5.91 Å². The molecule has 0 heterocycles. The largest absolute Gasteiger partial charge is 0.396 e. The summed E-state index contributed by atoms with van der Waals surface area (Å²) >= 11 is 0. The molecule has 0 spiro atoms. The van der Waals surface area contributed by atoms with Crippen LogP contribution in [-0.2, 0) is 9.53 Å². The van der Waals surface area contributed by atoms with Gasteiger partial charge in [-0.1, -0.05) is 0 Å². The lowest BCUT2D eigenvalue weighted by atomic mass is 10.0. The fourth-order valence-corrected chi connectivity index (χ4v) is 1.30. The summed E-state index contributed by atoms with van der Waals surface area (Å²) in [4.78, 5) is 11.5. The Bertz CT molecular complexity index is 207.